The minimum Gasteiger partial charge on any atom is -0.504 e. The fraction of sp³-hybridized carbons (Fsp3) is 0.462. The lowest BCUT2D eigenvalue weighted by Gasteiger charge is -2.29. The maximum Gasteiger partial charge on any atom is 0.163 e. The number of phenols is 1. The van der Waals surface area contributed by atoms with E-state index in [0.29, 0.717) is 16.9 Å². The van der Waals surface area contributed by atoms with Gasteiger partial charge >= 0.3 is 0 Å². The highest BCUT2D eigenvalue weighted by Crippen LogP contribution is 2.41. The van der Waals surface area contributed by atoms with Crippen LogP contribution in [-0.4, -0.2) is 12.2 Å². The van der Waals surface area contributed by atoms with E-state index in [2.05, 4.69) is 0 Å². The third kappa shape index (κ3) is 2.51. The van der Waals surface area contributed by atoms with Crippen molar-refractivity contribution in [2.24, 2.45) is 11.1 Å². The van der Waals surface area contributed by atoms with Crippen LogP contribution in [0.1, 0.15) is 37.9 Å². The van der Waals surface area contributed by atoms with E-state index >= 15 is 0 Å². The summed E-state index contributed by atoms with van der Waals surface area (Å²) in [5.41, 5.74) is 6.68. The van der Waals surface area contributed by atoms with Gasteiger partial charge in [-0.1, -0.05) is 20.8 Å². The van der Waals surface area contributed by atoms with Crippen LogP contribution in [0.25, 0.3) is 0 Å². The summed E-state index contributed by atoms with van der Waals surface area (Å²) in [6, 6.07) is 4.78. The Balaban J connectivity index is 3.45. The molecule has 0 fully saturated rings. The number of aromatic hydroxyl groups is 1. The first-order chi connectivity index (χ1) is 7.82. The number of rotatable bonds is 2. The molecular weight excluding hydrogens is 216 g/mol. The largest absolute Gasteiger partial charge is 0.504 e. The van der Waals surface area contributed by atoms with Gasteiger partial charge in [0, 0.05) is 11.6 Å². The van der Waals surface area contributed by atoms with Gasteiger partial charge in [0.1, 0.15) is 0 Å². The Labute approximate surface area is 102 Å². The average Bonchev–Trinajstić information content (AvgIpc) is 2.26. The van der Waals surface area contributed by atoms with E-state index in [4.69, 9.17) is 15.7 Å². The third-order valence-electron chi connectivity index (χ3n) is 2.76. The molecule has 0 unspecified atom stereocenters. The zero-order valence-electron chi connectivity index (χ0n) is 10.6. The van der Waals surface area contributed by atoms with E-state index < -0.39 is 6.04 Å². The van der Waals surface area contributed by atoms with Gasteiger partial charge in [-0.2, -0.15) is 5.26 Å². The van der Waals surface area contributed by atoms with Crippen LogP contribution in [0.3, 0.4) is 0 Å². The number of nitrogens with zero attached hydrogens (tertiary/aromatic N) is 1. The number of nitriles is 1. The van der Waals surface area contributed by atoms with Crippen molar-refractivity contribution in [2.45, 2.75) is 26.8 Å². The number of benzene rings is 1. The van der Waals surface area contributed by atoms with Gasteiger partial charge in [-0.15, -0.1) is 0 Å². The SMILES string of the molecule is COc1ccc(C#N)c([C@H](N)C(C)(C)C)c1O. The smallest absolute Gasteiger partial charge is 0.163 e. The van der Waals surface area contributed by atoms with E-state index in [9.17, 15) is 5.11 Å². The Hall–Kier alpha value is -1.73. The first-order valence-electron chi connectivity index (χ1n) is 5.38. The molecule has 1 atom stereocenters. The zero-order chi connectivity index (χ0) is 13.2. The molecule has 0 aliphatic carbocycles. The second-order valence-corrected chi connectivity index (χ2v) is 5.03. The molecule has 1 aromatic rings. The van der Waals surface area contributed by atoms with Crippen molar-refractivity contribution < 1.29 is 9.84 Å². The quantitative estimate of drug-likeness (QED) is 0.823. The number of nitrogens with two attached hydrogens (primary N) is 1. The summed E-state index contributed by atoms with van der Waals surface area (Å²) in [4.78, 5) is 0. The van der Waals surface area contributed by atoms with Crippen LogP contribution < -0.4 is 10.5 Å². The normalized spacial score (nSPS) is 12.9. The van der Waals surface area contributed by atoms with Gasteiger partial charge in [-0.05, 0) is 17.5 Å². The highest BCUT2D eigenvalue weighted by Gasteiger charge is 2.28. The summed E-state index contributed by atoms with van der Waals surface area (Å²) in [5, 5.41) is 19.1. The number of hydrogen-bond donors (Lipinski definition) is 2. The van der Waals surface area contributed by atoms with E-state index in [0.717, 1.165) is 0 Å². The standard InChI is InChI=1S/C13H18N2O2/c1-13(2,3)12(15)10-8(7-14)5-6-9(17-4)11(10)16/h5-6,12,16H,15H2,1-4H3/t12-/m0/s1. The number of ether oxygens (including phenoxy) is 1. The van der Waals surface area contributed by atoms with Crippen LogP contribution in [0.4, 0.5) is 0 Å². The van der Waals surface area contributed by atoms with Crippen LogP contribution in [0, 0.1) is 16.7 Å². The van der Waals surface area contributed by atoms with Crippen molar-refractivity contribution in [1.82, 2.24) is 0 Å². The van der Waals surface area contributed by atoms with E-state index in [1.807, 2.05) is 26.8 Å². The summed E-state index contributed by atoms with van der Waals surface area (Å²) in [6.45, 7) is 5.87. The first kappa shape index (κ1) is 13.3. The molecule has 0 aliphatic heterocycles. The molecule has 92 valence electrons. The molecule has 0 saturated carbocycles. The van der Waals surface area contributed by atoms with E-state index in [1.54, 1.807) is 12.1 Å². The minimum atomic E-state index is -0.438. The maximum atomic E-state index is 10.1. The van der Waals surface area contributed by atoms with Crippen LogP contribution in [-0.2, 0) is 0 Å². The van der Waals surface area contributed by atoms with Gasteiger partial charge in [-0.3, -0.25) is 0 Å². The van der Waals surface area contributed by atoms with Gasteiger partial charge in [-0.25, -0.2) is 0 Å². The highest BCUT2D eigenvalue weighted by atomic mass is 16.5. The summed E-state index contributed by atoms with van der Waals surface area (Å²) in [5.74, 6) is 0.285. The fourth-order valence-corrected chi connectivity index (χ4v) is 1.60. The molecular formula is C13H18N2O2. The summed E-state index contributed by atoms with van der Waals surface area (Å²) in [7, 11) is 1.47. The van der Waals surface area contributed by atoms with Crippen LogP contribution in [0.5, 0.6) is 11.5 Å². The number of hydrogen-bond acceptors (Lipinski definition) is 4. The van der Waals surface area contributed by atoms with Gasteiger partial charge in [0.25, 0.3) is 0 Å². The van der Waals surface area contributed by atoms with E-state index in [1.165, 1.54) is 7.11 Å². The number of phenolic OH excluding ortho intramolecular Hbond substituents is 1. The minimum absolute atomic E-state index is 0.0472. The fourth-order valence-electron chi connectivity index (χ4n) is 1.60. The van der Waals surface area contributed by atoms with Gasteiger partial charge in [0.2, 0.25) is 0 Å². The molecule has 0 aromatic heterocycles. The van der Waals surface area contributed by atoms with Crippen LogP contribution >= 0.6 is 0 Å². The lowest BCUT2D eigenvalue weighted by molar-refractivity contribution is 0.310. The summed E-state index contributed by atoms with van der Waals surface area (Å²) in [6.07, 6.45) is 0. The molecule has 4 nitrogen and oxygen atoms in total. The van der Waals surface area contributed by atoms with Crippen molar-refractivity contribution in [1.29, 1.82) is 5.26 Å². The van der Waals surface area contributed by atoms with Crippen molar-refractivity contribution >= 4 is 0 Å². The monoisotopic (exact) mass is 234 g/mol. The molecule has 1 aromatic carbocycles. The zero-order valence-corrected chi connectivity index (χ0v) is 10.6. The number of methoxy groups -OCH3 is 1. The lowest BCUT2D eigenvalue weighted by atomic mass is 9.81. The van der Waals surface area contributed by atoms with Gasteiger partial charge < -0.3 is 15.6 Å². The Morgan fingerprint density at radius 3 is 2.41 bits per heavy atom. The second-order valence-electron chi connectivity index (χ2n) is 5.03. The van der Waals surface area contributed by atoms with Crippen molar-refractivity contribution in [3.8, 4) is 17.6 Å². The van der Waals surface area contributed by atoms with Gasteiger partial charge in [0.15, 0.2) is 11.5 Å². The Kier molecular flexibility index (Phi) is 3.64. The third-order valence-corrected chi connectivity index (χ3v) is 2.76. The molecule has 0 bridgehead atoms. The van der Waals surface area contributed by atoms with Gasteiger partial charge in [0.05, 0.1) is 18.7 Å². The van der Waals surface area contributed by atoms with Crippen molar-refractivity contribution in [2.75, 3.05) is 7.11 Å². The maximum absolute atomic E-state index is 10.1. The summed E-state index contributed by atoms with van der Waals surface area (Å²) < 4.78 is 5.03. The van der Waals surface area contributed by atoms with Crippen LogP contribution in [0.2, 0.25) is 0 Å². The molecule has 1 rings (SSSR count). The molecule has 0 spiro atoms. The predicted octanol–water partition coefficient (Wildman–Crippen LogP) is 2.32. The molecule has 3 N–H and O–H groups in total. The molecule has 17 heavy (non-hydrogen) atoms. The molecule has 4 heteroatoms. The average molecular weight is 234 g/mol. The molecule has 0 heterocycles. The second kappa shape index (κ2) is 4.64. The Morgan fingerprint density at radius 2 is 2.00 bits per heavy atom. The molecule has 0 saturated heterocycles. The van der Waals surface area contributed by atoms with Crippen LogP contribution in [0.15, 0.2) is 12.1 Å². The topological polar surface area (TPSA) is 79.3 Å². The van der Waals surface area contributed by atoms with Crippen molar-refractivity contribution in [3.05, 3.63) is 23.3 Å². The molecule has 0 amide bonds. The van der Waals surface area contributed by atoms with E-state index in [-0.39, 0.29) is 11.2 Å². The Bertz CT molecular complexity index is 456. The molecule has 0 radical (unpaired) electrons. The summed E-state index contributed by atoms with van der Waals surface area (Å²) >= 11 is 0. The molecule has 0 aliphatic rings. The van der Waals surface area contributed by atoms with Crippen molar-refractivity contribution in [3.63, 3.8) is 0 Å². The lowest BCUT2D eigenvalue weighted by Crippen LogP contribution is -2.27. The predicted molar refractivity (Wildman–Crippen MR) is 65.8 cm³/mol. The highest BCUT2D eigenvalue weighted by molar-refractivity contribution is 5.55. The Morgan fingerprint density at radius 1 is 1.41 bits per heavy atom. The first-order valence-corrected chi connectivity index (χ1v) is 5.38.